The number of rotatable bonds is 5. The second-order valence-electron chi connectivity index (χ2n) is 6.55. The molecule has 1 aliphatic heterocycles. The summed E-state index contributed by atoms with van der Waals surface area (Å²) in [6.45, 7) is 3.02. The molecule has 0 bridgehead atoms. The fourth-order valence-corrected chi connectivity index (χ4v) is 3.09. The molecule has 8 heteroatoms. The maximum absolute atomic E-state index is 13.0. The van der Waals surface area contributed by atoms with Crippen molar-refractivity contribution in [3.8, 4) is 5.82 Å². The summed E-state index contributed by atoms with van der Waals surface area (Å²) in [5, 5.41) is 15.7. The lowest BCUT2D eigenvalue weighted by Gasteiger charge is -2.17. The van der Waals surface area contributed by atoms with Crippen LogP contribution < -0.4 is 5.32 Å². The number of anilines is 1. The number of hydrogen-bond donors (Lipinski definition) is 1. The van der Waals surface area contributed by atoms with Crippen LogP contribution in [0, 0.1) is 12.7 Å². The predicted molar refractivity (Wildman–Crippen MR) is 97.7 cm³/mol. The average molecular weight is 366 g/mol. The number of carbonyl (C=O) groups excluding carboxylic acids is 1. The minimum Gasteiger partial charge on any atom is -0.357 e. The molecule has 1 aromatic carbocycles. The number of aryl methyl sites for hydroxylation is 1. The van der Waals surface area contributed by atoms with Gasteiger partial charge in [-0.15, -0.1) is 10.2 Å². The summed E-state index contributed by atoms with van der Waals surface area (Å²) in [4.78, 5) is 14.4. The van der Waals surface area contributed by atoms with Crippen molar-refractivity contribution in [3.05, 3.63) is 65.7 Å². The Bertz CT molecular complexity index is 938. The Labute approximate surface area is 155 Å². The van der Waals surface area contributed by atoms with E-state index in [1.54, 1.807) is 33.8 Å². The van der Waals surface area contributed by atoms with E-state index in [0.717, 1.165) is 11.3 Å². The minimum atomic E-state index is -0.336. The van der Waals surface area contributed by atoms with Crippen molar-refractivity contribution in [1.82, 2.24) is 24.9 Å². The largest absolute Gasteiger partial charge is 0.357 e. The van der Waals surface area contributed by atoms with Crippen molar-refractivity contribution >= 4 is 11.7 Å². The molecule has 0 spiro atoms. The Kier molecular flexibility index (Phi) is 4.53. The van der Waals surface area contributed by atoms with Gasteiger partial charge in [-0.2, -0.15) is 5.10 Å². The van der Waals surface area contributed by atoms with Gasteiger partial charge in [0, 0.05) is 19.3 Å². The number of amides is 1. The number of likely N-dealkylation sites (tertiary alicyclic amines) is 1. The molecule has 27 heavy (non-hydrogen) atoms. The average Bonchev–Trinajstić information content (AvgIpc) is 3.25. The molecular weight excluding hydrogens is 347 g/mol. The highest BCUT2D eigenvalue weighted by Gasteiger charge is 2.31. The van der Waals surface area contributed by atoms with Crippen LogP contribution in [0.2, 0.25) is 0 Å². The van der Waals surface area contributed by atoms with E-state index in [0.29, 0.717) is 31.1 Å². The molecule has 3 heterocycles. The van der Waals surface area contributed by atoms with Crippen molar-refractivity contribution in [3.63, 3.8) is 0 Å². The van der Waals surface area contributed by atoms with E-state index >= 15 is 0 Å². The highest BCUT2D eigenvalue weighted by molar-refractivity contribution is 5.86. The number of aromatic nitrogens is 4. The summed E-state index contributed by atoms with van der Waals surface area (Å²) in [5.41, 5.74) is 1.81. The SMILES string of the molecule is Cc1ccn(-c2ccc(NC3CCN(Cc4ccc(F)cc4)C3=O)nn2)n1. The first-order valence-electron chi connectivity index (χ1n) is 8.75. The molecule has 0 saturated carbocycles. The zero-order valence-electron chi connectivity index (χ0n) is 14.8. The third-order valence-corrected chi connectivity index (χ3v) is 4.51. The number of nitrogens with zero attached hydrogens (tertiary/aromatic N) is 5. The van der Waals surface area contributed by atoms with Crippen LogP contribution in [0.5, 0.6) is 0 Å². The number of halogens is 1. The number of benzene rings is 1. The Morgan fingerprint density at radius 1 is 1.15 bits per heavy atom. The standard InChI is InChI=1S/C19H19FN6O/c1-13-8-11-26(24-13)18-7-6-17(22-23-18)21-16-9-10-25(19(16)27)12-14-2-4-15(20)5-3-14/h2-8,11,16H,9-10,12H2,1H3,(H,21,22). The van der Waals surface area contributed by atoms with E-state index in [1.165, 1.54) is 12.1 Å². The Balaban J connectivity index is 1.38. The van der Waals surface area contributed by atoms with Gasteiger partial charge in [0.25, 0.3) is 0 Å². The van der Waals surface area contributed by atoms with E-state index in [2.05, 4.69) is 20.6 Å². The number of carbonyl (C=O) groups is 1. The lowest BCUT2D eigenvalue weighted by Crippen LogP contribution is -2.33. The highest BCUT2D eigenvalue weighted by Crippen LogP contribution is 2.19. The van der Waals surface area contributed by atoms with Crippen LogP contribution in [0.3, 0.4) is 0 Å². The van der Waals surface area contributed by atoms with E-state index in [1.807, 2.05) is 19.2 Å². The first-order chi connectivity index (χ1) is 13.1. The Morgan fingerprint density at radius 3 is 2.63 bits per heavy atom. The molecule has 7 nitrogen and oxygen atoms in total. The van der Waals surface area contributed by atoms with Crippen molar-refractivity contribution in [2.45, 2.75) is 25.9 Å². The van der Waals surface area contributed by atoms with Gasteiger partial charge in [-0.1, -0.05) is 12.1 Å². The maximum atomic E-state index is 13.0. The molecule has 0 radical (unpaired) electrons. The van der Waals surface area contributed by atoms with Gasteiger partial charge in [-0.3, -0.25) is 4.79 Å². The summed E-state index contributed by atoms with van der Waals surface area (Å²) >= 11 is 0. The summed E-state index contributed by atoms with van der Waals surface area (Å²) in [5.74, 6) is 0.889. The smallest absolute Gasteiger partial charge is 0.245 e. The maximum Gasteiger partial charge on any atom is 0.245 e. The molecule has 138 valence electrons. The van der Waals surface area contributed by atoms with Gasteiger partial charge in [-0.25, -0.2) is 9.07 Å². The molecule has 1 fully saturated rings. The fraction of sp³-hybridized carbons (Fsp3) is 0.263. The van der Waals surface area contributed by atoms with Crippen molar-refractivity contribution in [1.29, 1.82) is 0 Å². The molecule has 1 aliphatic rings. The highest BCUT2D eigenvalue weighted by atomic mass is 19.1. The third kappa shape index (κ3) is 3.79. The van der Waals surface area contributed by atoms with Crippen LogP contribution in [0.25, 0.3) is 5.82 Å². The monoisotopic (exact) mass is 366 g/mol. The zero-order valence-corrected chi connectivity index (χ0v) is 14.8. The van der Waals surface area contributed by atoms with Gasteiger partial charge in [0.05, 0.1) is 5.69 Å². The molecule has 1 N–H and O–H groups in total. The Hall–Kier alpha value is -3.29. The summed E-state index contributed by atoms with van der Waals surface area (Å²) in [7, 11) is 0. The van der Waals surface area contributed by atoms with Crippen molar-refractivity contribution in [2.75, 3.05) is 11.9 Å². The predicted octanol–water partition coefficient (Wildman–Crippen LogP) is 2.32. The van der Waals surface area contributed by atoms with Crippen LogP contribution in [0.1, 0.15) is 17.7 Å². The third-order valence-electron chi connectivity index (χ3n) is 4.51. The second-order valence-corrected chi connectivity index (χ2v) is 6.55. The molecule has 1 amide bonds. The van der Waals surface area contributed by atoms with Gasteiger partial charge in [0.2, 0.25) is 5.91 Å². The molecule has 1 unspecified atom stereocenters. The number of nitrogens with one attached hydrogen (secondary N) is 1. The molecule has 4 rings (SSSR count). The van der Waals surface area contributed by atoms with Gasteiger partial charge < -0.3 is 10.2 Å². The lowest BCUT2D eigenvalue weighted by molar-refractivity contribution is -0.128. The fourth-order valence-electron chi connectivity index (χ4n) is 3.09. The van der Waals surface area contributed by atoms with E-state index in [9.17, 15) is 9.18 Å². The van der Waals surface area contributed by atoms with E-state index in [-0.39, 0.29) is 17.8 Å². The van der Waals surface area contributed by atoms with Crippen molar-refractivity contribution < 1.29 is 9.18 Å². The quantitative estimate of drug-likeness (QED) is 0.750. The van der Waals surface area contributed by atoms with Crippen molar-refractivity contribution in [2.24, 2.45) is 0 Å². The van der Waals surface area contributed by atoms with Gasteiger partial charge in [0.1, 0.15) is 17.7 Å². The molecule has 3 aromatic rings. The molecule has 1 atom stereocenters. The van der Waals surface area contributed by atoms with Gasteiger partial charge >= 0.3 is 0 Å². The van der Waals surface area contributed by atoms with E-state index < -0.39 is 0 Å². The normalized spacial score (nSPS) is 16.7. The summed E-state index contributed by atoms with van der Waals surface area (Å²) in [6, 6.07) is 11.4. The minimum absolute atomic E-state index is 0.00732. The first kappa shape index (κ1) is 17.1. The zero-order chi connectivity index (χ0) is 18.8. The summed E-state index contributed by atoms with van der Waals surface area (Å²) in [6.07, 6.45) is 2.50. The van der Waals surface area contributed by atoms with Crippen LogP contribution in [0.4, 0.5) is 10.2 Å². The summed E-state index contributed by atoms with van der Waals surface area (Å²) < 4.78 is 14.7. The lowest BCUT2D eigenvalue weighted by atomic mass is 10.2. The van der Waals surface area contributed by atoms with Crippen LogP contribution in [0.15, 0.2) is 48.7 Å². The molecule has 2 aromatic heterocycles. The van der Waals surface area contributed by atoms with Gasteiger partial charge in [-0.05, 0) is 49.2 Å². The van der Waals surface area contributed by atoms with Crippen LogP contribution in [-0.4, -0.2) is 43.4 Å². The topological polar surface area (TPSA) is 75.9 Å². The van der Waals surface area contributed by atoms with Gasteiger partial charge in [0.15, 0.2) is 5.82 Å². The Morgan fingerprint density at radius 2 is 1.96 bits per heavy atom. The van der Waals surface area contributed by atoms with Crippen LogP contribution in [-0.2, 0) is 11.3 Å². The van der Waals surface area contributed by atoms with E-state index in [4.69, 9.17) is 0 Å². The van der Waals surface area contributed by atoms with Crippen LogP contribution >= 0.6 is 0 Å². The molecule has 0 aliphatic carbocycles. The molecular formula is C19H19FN6O. The second kappa shape index (κ2) is 7.14. The number of hydrogen-bond acceptors (Lipinski definition) is 5. The molecule has 1 saturated heterocycles. The first-order valence-corrected chi connectivity index (χ1v) is 8.75.